The number of aromatic amines is 1. The lowest BCUT2D eigenvalue weighted by Crippen LogP contribution is -2.05. The Morgan fingerprint density at radius 3 is 2.83 bits per heavy atom. The first-order valence-electron chi connectivity index (χ1n) is 5.27. The Hall–Kier alpha value is -1.30. The maximum absolute atomic E-state index is 11.1. The van der Waals surface area contributed by atoms with E-state index in [0.29, 0.717) is 10.2 Å². The average Bonchev–Trinajstić information content (AvgIpc) is 2.31. The summed E-state index contributed by atoms with van der Waals surface area (Å²) in [5.74, 6) is 0. The number of halogens is 1. The molecule has 1 heterocycles. The zero-order valence-electron chi connectivity index (χ0n) is 9.55. The zero-order chi connectivity index (χ0) is 13.1. The van der Waals surface area contributed by atoms with Gasteiger partial charge in [-0.3, -0.25) is 4.79 Å². The fourth-order valence-corrected chi connectivity index (χ4v) is 2.44. The molecule has 0 spiro atoms. The molecule has 4 nitrogen and oxygen atoms in total. The van der Waals surface area contributed by atoms with E-state index in [-0.39, 0.29) is 5.56 Å². The van der Waals surface area contributed by atoms with Gasteiger partial charge in [-0.25, -0.2) is 4.98 Å². The number of aliphatic hydroxyl groups is 1. The molecule has 0 bridgehead atoms. The van der Waals surface area contributed by atoms with Crippen LogP contribution in [0.5, 0.6) is 0 Å². The molecule has 0 unspecified atom stereocenters. The quantitative estimate of drug-likeness (QED) is 0.850. The third kappa shape index (κ3) is 3.13. The molecule has 18 heavy (non-hydrogen) atoms. The molecule has 6 heteroatoms. The first kappa shape index (κ1) is 13.1. The first-order chi connectivity index (χ1) is 8.56. The summed E-state index contributed by atoms with van der Waals surface area (Å²) < 4.78 is 0. The van der Waals surface area contributed by atoms with E-state index in [1.807, 2.05) is 0 Å². The van der Waals surface area contributed by atoms with Crippen LogP contribution < -0.4 is 5.56 Å². The number of H-pyrrole nitrogens is 1. The lowest BCUT2D eigenvalue weighted by Gasteiger charge is -2.08. The fourth-order valence-electron chi connectivity index (χ4n) is 1.37. The summed E-state index contributed by atoms with van der Waals surface area (Å²) in [5, 5.41) is 10.4. The van der Waals surface area contributed by atoms with Gasteiger partial charge in [0, 0.05) is 17.2 Å². The van der Waals surface area contributed by atoms with Gasteiger partial charge in [-0.2, -0.15) is 0 Å². The standard InChI is InChI=1S/C12H11ClN2O2S/c1-7(16)8-2-3-10(9(13)6-8)18-12-14-5-4-11(17)15-12/h2-7,16H,1H3,(H,14,15,17)/t7-/m0/s1. The molecule has 0 aliphatic rings. The minimum absolute atomic E-state index is 0.204. The van der Waals surface area contributed by atoms with Gasteiger partial charge in [0.25, 0.3) is 5.56 Å². The maximum atomic E-state index is 11.1. The van der Waals surface area contributed by atoms with Crippen molar-refractivity contribution in [1.82, 2.24) is 9.97 Å². The van der Waals surface area contributed by atoms with E-state index >= 15 is 0 Å². The van der Waals surface area contributed by atoms with Crippen LogP contribution in [0, 0.1) is 0 Å². The highest BCUT2D eigenvalue weighted by atomic mass is 35.5. The molecule has 0 saturated heterocycles. The SMILES string of the molecule is C[C@H](O)c1ccc(Sc2nccc(=O)[nH]2)c(Cl)c1. The number of aromatic nitrogens is 2. The van der Waals surface area contributed by atoms with Gasteiger partial charge >= 0.3 is 0 Å². The van der Waals surface area contributed by atoms with Gasteiger partial charge in [0.2, 0.25) is 0 Å². The molecule has 0 fully saturated rings. The van der Waals surface area contributed by atoms with E-state index in [1.54, 1.807) is 25.1 Å². The minimum atomic E-state index is -0.559. The van der Waals surface area contributed by atoms with E-state index < -0.39 is 6.10 Å². The van der Waals surface area contributed by atoms with Crippen molar-refractivity contribution in [3.8, 4) is 0 Å². The molecular formula is C12H11ClN2O2S. The topological polar surface area (TPSA) is 66.0 Å². The van der Waals surface area contributed by atoms with Crippen molar-refractivity contribution >= 4 is 23.4 Å². The molecule has 1 atom stereocenters. The molecule has 94 valence electrons. The highest BCUT2D eigenvalue weighted by molar-refractivity contribution is 7.99. The summed E-state index contributed by atoms with van der Waals surface area (Å²) in [4.78, 5) is 18.5. The third-order valence-electron chi connectivity index (χ3n) is 2.29. The second-order valence-electron chi connectivity index (χ2n) is 3.71. The first-order valence-corrected chi connectivity index (χ1v) is 6.46. The number of aliphatic hydroxyl groups excluding tert-OH is 1. The molecule has 0 aliphatic carbocycles. The molecule has 1 aromatic carbocycles. The van der Waals surface area contributed by atoms with Crippen LogP contribution in [0.1, 0.15) is 18.6 Å². The Morgan fingerprint density at radius 2 is 2.22 bits per heavy atom. The molecule has 0 saturated carbocycles. The van der Waals surface area contributed by atoms with E-state index in [1.165, 1.54) is 24.0 Å². The summed E-state index contributed by atoms with van der Waals surface area (Å²) in [7, 11) is 0. The molecule has 1 aromatic heterocycles. The summed E-state index contributed by atoms with van der Waals surface area (Å²) in [6.07, 6.45) is 0.885. The smallest absolute Gasteiger partial charge is 0.251 e. The van der Waals surface area contributed by atoms with E-state index in [2.05, 4.69) is 9.97 Å². The fraction of sp³-hybridized carbons (Fsp3) is 0.167. The van der Waals surface area contributed by atoms with Crippen molar-refractivity contribution in [1.29, 1.82) is 0 Å². The molecule has 2 aromatic rings. The van der Waals surface area contributed by atoms with E-state index in [4.69, 9.17) is 11.6 Å². The number of nitrogens with zero attached hydrogens (tertiary/aromatic N) is 1. The van der Waals surface area contributed by atoms with Crippen molar-refractivity contribution < 1.29 is 5.11 Å². The number of hydrogen-bond acceptors (Lipinski definition) is 4. The molecule has 2 rings (SSSR count). The summed E-state index contributed by atoms with van der Waals surface area (Å²) in [6, 6.07) is 6.64. The van der Waals surface area contributed by atoms with Crippen LogP contribution in [-0.4, -0.2) is 15.1 Å². The normalized spacial score (nSPS) is 12.4. The van der Waals surface area contributed by atoms with Crippen molar-refractivity contribution in [3.05, 3.63) is 51.4 Å². The summed E-state index contributed by atoms with van der Waals surface area (Å²) in [6.45, 7) is 1.68. The second kappa shape index (κ2) is 5.56. The van der Waals surface area contributed by atoms with Crippen LogP contribution in [-0.2, 0) is 0 Å². The molecular weight excluding hydrogens is 272 g/mol. The minimum Gasteiger partial charge on any atom is -0.389 e. The molecule has 0 radical (unpaired) electrons. The van der Waals surface area contributed by atoms with E-state index in [0.717, 1.165) is 10.5 Å². The Bertz CT molecular complexity index is 613. The van der Waals surface area contributed by atoms with Crippen LogP contribution in [0.4, 0.5) is 0 Å². The lowest BCUT2D eigenvalue weighted by molar-refractivity contribution is 0.199. The average molecular weight is 283 g/mol. The lowest BCUT2D eigenvalue weighted by atomic mass is 10.1. The number of nitrogens with one attached hydrogen (secondary N) is 1. The molecule has 2 N–H and O–H groups in total. The Morgan fingerprint density at radius 1 is 1.44 bits per heavy atom. The van der Waals surface area contributed by atoms with Crippen LogP contribution in [0.2, 0.25) is 5.02 Å². The van der Waals surface area contributed by atoms with Gasteiger partial charge in [-0.1, -0.05) is 29.4 Å². The second-order valence-corrected chi connectivity index (χ2v) is 5.14. The van der Waals surface area contributed by atoms with Gasteiger partial charge in [-0.15, -0.1) is 0 Å². The predicted octanol–water partition coefficient (Wildman–Crippen LogP) is 2.63. The Kier molecular flexibility index (Phi) is 4.06. The van der Waals surface area contributed by atoms with Gasteiger partial charge in [0.1, 0.15) is 0 Å². The zero-order valence-corrected chi connectivity index (χ0v) is 11.1. The van der Waals surface area contributed by atoms with Crippen molar-refractivity contribution in [2.75, 3.05) is 0 Å². The monoisotopic (exact) mass is 282 g/mol. The summed E-state index contributed by atoms with van der Waals surface area (Å²) in [5.41, 5.74) is 0.545. The Labute approximate surface area is 113 Å². The van der Waals surface area contributed by atoms with Crippen LogP contribution in [0.25, 0.3) is 0 Å². The van der Waals surface area contributed by atoms with Crippen molar-refractivity contribution in [3.63, 3.8) is 0 Å². The van der Waals surface area contributed by atoms with Gasteiger partial charge in [-0.05, 0) is 24.6 Å². The van der Waals surface area contributed by atoms with Gasteiger partial charge in [0.05, 0.1) is 11.1 Å². The largest absolute Gasteiger partial charge is 0.389 e. The van der Waals surface area contributed by atoms with Crippen molar-refractivity contribution in [2.45, 2.75) is 23.1 Å². The molecule has 0 aliphatic heterocycles. The van der Waals surface area contributed by atoms with Crippen LogP contribution in [0.3, 0.4) is 0 Å². The molecule has 0 amide bonds. The van der Waals surface area contributed by atoms with Crippen molar-refractivity contribution in [2.24, 2.45) is 0 Å². The summed E-state index contributed by atoms with van der Waals surface area (Å²) >= 11 is 7.38. The van der Waals surface area contributed by atoms with E-state index in [9.17, 15) is 9.90 Å². The van der Waals surface area contributed by atoms with Crippen LogP contribution >= 0.6 is 23.4 Å². The van der Waals surface area contributed by atoms with Crippen LogP contribution in [0.15, 0.2) is 45.3 Å². The maximum Gasteiger partial charge on any atom is 0.251 e. The van der Waals surface area contributed by atoms with Gasteiger partial charge < -0.3 is 10.1 Å². The highest BCUT2D eigenvalue weighted by Gasteiger charge is 2.08. The highest BCUT2D eigenvalue weighted by Crippen LogP contribution is 2.32. The van der Waals surface area contributed by atoms with Gasteiger partial charge in [0.15, 0.2) is 5.16 Å². The predicted molar refractivity (Wildman–Crippen MR) is 71.1 cm³/mol. The number of benzene rings is 1. The third-order valence-corrected chi connectivity index (χ3v) is 3.69. The number of hydrogen-bond donors (Lipinski definition) is 2. The Balaban J connectivity index is 2.27. The number of rotatable bonds is 3.